The zero-order valence-electron chi connectivity index (χ0n) is 12.7. The summed E-state index contributed by atoms with van der Waals surface area (Å²) in [6.45, 7) is 0.485. The second-order valence-corrected chi connectivity index (χ2v) is 6.75. The predicted molar refractivity (Wildman–Crippen MR) is 85.0 cm³/mol. The van der Waals surface area contributed by atoms with Gasteiger partial charge in [0.2, 0.25) is 5.91 Å². The first-order chi connectivity index (χ1) is 10.2. The molecule has 0 bridgehead atoms. The SMILES string of the molecule is NCC1(C(=O)NC2Cc3ccccc3C2)CCCCCC1. The van der Waals surface area contributed by atoms with Crippen molar-refractivity contribution in [3.63, 3.8) is 0 Å². The van der Waals surface area contributed by atoms with E-state index in [9.17, 15) is 4.79 Å². The van der Waals surface area contributed by atoms with E-state index in [4.69, 9.17) is 5.73 Å². The van der Waals surface area contributed by atoms with Crippen LogP contribution >= 0.6 is 0 Å². The predicted octanol–water partition coefficient (Wildman–Crippen LogP) is 2.57. The topological polar surface area (TPSA) is 55.1 Å². The number of amides is 1. The molecule has 3 nitrogen and oxygen atoms in total. The Morgan fingerprint density at radius 2 is 1.67 bits per heavy atom. The third-order valence-corrected chi connectivity index (χ3v) is 5.32. The monoisotopic (exact) mass is 286 g/mol. The van der Waals surface area contributed by atoms with Crippen LogP contribution in [0.1, 0.15) is 49.7 Å². The van der Waals surface area contributed by atoms with E-state index in [2.05, 4.69) is 29.6 Å². The summed E-state index contributed by atoms with van der Waals surface area (Å²) >= 11 is 0. The normalized spacial score (nSPS) is 21.6. The molecule has 0 spiro atoms. The summed E-state index contributed by atoms with van der Waals surface area (Å²) < 4.78 is 0. The van der Waals surface area contributed by atoms with Crippen LogP contribution in [0, 0.1) is 5.41 Å². The molecule has 3 rings (SSSR count). The fourth-order valence-electron chi connectivity index (χ4n) is 3.93. The molecule has 1 aromatic rings. The summed E-state index contributed by atoms with van der Waals surface area (Å²) in [6, 6.07) is 8.75. The minimum absolute atomic E-state index is 0.199. The summed E-state index contributed by atoms with van der Waals surface area (Å²) in [4.78, 5) is 12.8. The van der Waals surface area contributed by atoms with Crippen molar-refractivity contribution < 1.29 is 4.79 Å². The van der Waals surface area contributed by atoms with E-state index >= 15 is 0 Å². The number of carbonyl (C=O) groups excluding carboxylic acids is 1. The third kappa shape index (κ3) is 2.98. The van der Waals surface area contributed by atoms with Gasteiger partial charge in [-0.25, -0.2) is 0 Å². The molecule has 114 valence electrons. The molecule has 2 aliphatic rings. The van der Waals surface area contributed by atoms with Crippen molar-refractivity contribution in [1.82, 2.24) is 5.32 Å². The zero-order chi connectivity index (χ0) is 14.7. The summed E-state index contributed by atoms with van der Waals surface area (Å²) in [5.74, 6) is 0.199. The smallest absolute Gasteiger partial charge is 0.227 e. The highest BCUT2D eigenvalue weighted by molar-refractivity contribution is 5.83. The van der Waals surface area contributed by atoms with Gasteiger partial charge < -0.3 is 11.1 Å². The fraction of sp³-hybridized carbons (Fsp3) is 0.611. The Kier molecular flexibility index (Phi) is 4.29. The van der Waals surface area contributed by atoms with E-state index in [0.29, 0.717) is 6.54 Å². The first kappa shape index (κ1) is 14.6. The molecule has 1 fully saturated rings. The summed E-state index contributed by atoms with van der Waals surface area (Å²) in [6.07, 6.45) is 8.58. The van der Waals surface area contributed by atoms with Crippen LogP contribution in [0.25, 0.3) is 0 Å². The number of hydrogen-bond donors (Lipinski definition) is 2. The number of fused-ring (bicyclic) bond motifs is 1. The van der Waals surface area contributed by atoms with E-state index in [0.717, 1.165) is 38.5 Å². The average Bonchev–Trinajstić information content (AvgIpc) is 2.74. The Balaban J connectivity index is 1.66. The van der Waals surface area contributed by atoms with Gasteiger partial charge in [0.25, 0.3) is 0 Å². The second-order valence-electron chi connectivity index (χ2n) is 6.75. The van der Waals surface area contributed by atoms with Crippen LogP contribution in [0.5, 0.6) is 0 Å². The van der Waals surface area contributed by atoms with Crippen LogP contribution in [0.15, 0.2) is 24.3 Å². The van der Waals surface area contributed by atoms with Gasteiger partial charge in [-0.15, -0.1) is 0 Å². The molecule has 0 aromatic heterocycles. The summed E-state index contributed by atoms with van der Waals surface area (Å²) in [5.41, 5.74) is 8.45. The first-order valence-electron chi connectivity index (χ1n) is 8.31. The number of nitrogens with one attached hydrogen (secondary N) is 1. The molecule has 0 radical (unpaired) electrons. The van der Waals surface area contributed by atoms with Gasteiger partial charge in [0.1, 0.15) is 0 Å². The highest BCUT2D eigenvalue weighted by Gasteiger charge is 2.38. The lowest BCUT2D eigenvalue weighted by Crippen LogP contribution is -2.49. The van der Waals surface area contributed by atoms with Crippen molar-refractivity contribution in [1.29, 1.82) is 0 Å². The Bertz CT molecular complexity index is 479. The van der Waals surface area contributed by atoms with Crippen LogP contribution in [-0.2, 0) is 17.6 Å². The maximum absolute atomic E-state index is 12.8. The largest absolute Gasteiger partial charge is 0.352 e. The second kappa shape index (κ2) is 6.18. The van der Waals surface area contributed by atoms with Gasteiger partial charge in [-0.05, 0) is 36.8 Å². The van der Waals surface area contributed by atoms with Crippen molar-refractivity contribution in [3.05, 3.63) is 35.4 Å². The van der Waals surface area contributed by atoms with Gasteiger partial charge in [0, 0.05) is 12.6 Å². The molecular weight excluding hydrogens is 260 g/mol. The molecule has 0 saturated heterocycles. The highest BCUT2D eigenvalue weighted by Crippen LogP contribution is 2.35. The minimum Gasteiger partial charge on any atom is -0.352 e. The van der Waals surface area contributed by atoms with Crippen LogP contribution in [0.4, 0.5) is 0 Å². The molecule has 0 unspecified atom stereocenters. The Labute approximate surface area is 127 Å². The molecule has 2 aliphatic carbocycles. The van der Waals surface area contributed by atoms with Gasteiger partial charge in [-0.2, -0.15) is 0 Å². The molecule has 1 aromatic carbocycles. The maximum Gasteiger partial charge on any atom is 0.227 e. The summed E-state index contributed by atoms with van der Waals surface area (Å²) in [7, 11) is 0. The Morgan fingerprint density at radius 1 is 1.10 bits per heavy atom. The van der Waals surface area contributed by atoms with Gasteiger partial charge in [-0.1, -0.05) is 49.9 Å². The van der Waals surface area contributed by atoms with Crippen LogP contribution < -0.4 is 11.1 Å². The number of nitrogens with two attached hydrogens (primary N) is 1. The quantitative estimate of drug-likeness (QED) is 0.839. The lowest BCUT2D eigenvalue weighted by Gasteiger charge is -2.31. The van der Waals surface area contributed by atoms with Crippen LogP contribution in [-0.4, -0.2) is 18.5 Å². The first-order valence-corrected chi connectivity index (χ1v) is 8.31. The molecule has 0 heterocycles. The van der Waals surface area contributed by atoms with E-state index in [-0.39, 0.29) is 17.4 Å². The third-order valence-electron chi connectivity index (χ3n) is 5.32. The van der Waals surface area contributed by atoms with Gasteiger partial charge in [-0.3, -0.25) is 4.79 Å². The van der Waals surface area contributed by atoms with E-state index < -0.39 is 0 Å². The zero-order valence-corrected chi connectivity index (χ0v) is 12.7. The van der Waals surface area contributed by atoms with E-state index in [1.807, 2.05) is 0 Å². The molecule has 3 N–H and O–H groups in total. The summed E-state index contributed by atoms with van der Waals surface area (Å²) in [5, 5.41) is 3.30. The van der Waals surface area contributed by atoms with Crippen LogP contribution in [0.3, 0.4) is 0 Å². The standard InChI is InChI=1S/C18H26N2O/c19-13-18(9-5-1-2-6-10-18)17(21)20-16-11-14-7-3-4-8-15(14)12-16/h3-4,7-8,16H,1-2,5-6,9-13,19H2,(H,20,21). The maximum atomic E-state index is 12.8. The van der Waals surface area contributed by atoms with E-state index in [1.54, 1.807) is 0 Å². The van der Waals surface area contributed by atoms with Crippen molar-refractivity contribution in [2.45, 2.75) is 57.4 Å². The molecular formula is C18H26N2O. The molecule has 0 aliphatic heterocycles. The number of carbonyl (C=O) groups is 1. The van der Waals surface area contributed by atoms with Crippen molar-refractivity contribution >= 4 is 5.91 Å². The molecule has 1 amide bonds. The van der Waals surface area contributed by atoms with Crippen molar-refractivity contribution in [3.8, 4) is 0 Å². The fourth-order valence-corrected chi connectivity index (χ4v) is 3.93. The lowest BCUT2D eigenvalue weighted by atomic mass is 9.79. The Hall–Kier alpha value is -1.35. The average molecular weight is 286 g/mol. The number of benzene rings is 1. The number of hydrogen-bond acceptors (Lipinski definition) is 2. The molecule has 0 atom stereocenters. The highest BCUT2D eigenvalue weighted by atomic mass is 16.2. The van der Waals surface area contributed by atoms with Crippen molar-refractivity contribution in [2.75, 3.05) is 6.54 Å². The van der Waals surface area contributed by atoms with Crippen LogP contribution in [0.2, 0.25) is 0 Å². The van der Waals surface area contributed by atoms with Crippen molar-refractivity contribution in [2.24, 2.45) is 11.1 Å². The minimum atomic E-state index is -0.314. The molecule has 3 heteroatoms. The Morgan fingerprint density at radius 3 is 2.19 bits per heavy atom. The number of rotatable bonds is 3. The van der Waals surface area contributed by atoms with Gasteiger partial charge in [0.15, 0.2) is 0 Å². The molecule has 1 saturated carbocycles. The molecule has 21 heavy (non-hydrogen) atoms. The van der Waals surface area contributed by atoms with E-state index in [1.165, 1.54) is 24.0 Å². The van der Waals surface area contributed by atoms with Gasteiger partial charge >= 0.3 is 0 Å². The lowest BCUT2D eigenvalue weighted by molar-refractivity contribution is -0.132. The van der Waals surface area contributed by atoms with Gasteiger partial charge in [0.05, 0.1) is 5.41 Å².